The molecule has 1 heterocycles. The number of aryl methyl sites for hydroxylation is 2. The third kappa shape index (κ3) is 2.85. The van der Waals surface area contributed by atoms with E-state index in [4.69, 9.17) is 0 Å². The minimum absolute atomic E-state index is 0.353. The molecule has 0 radical (unpaired) electrons. The van der Waals surface area contributed by atoms with Crippen molar-refractivity contribution < 1.29 is 0 Å². The molecule has 1 unspecified atom stereocenters. The average Bonchev–Trinajstić information content (AvgIpc) is 2.56. The largest absolute Gasteiger partial charge is 0.197 e. The Morgan fingerprint density at radius 3 is 2.25 bits per heavy atom. The van der Waals surface area contributed by atoms with E-state index in [1.165, 1.54) is 48.2 Å². The van der Waals surface area contributed by atoms with E-state index < -0.39 is 0 Å². The molecule has 0 aliphatic rings. The molecular weight excluding hydrogens is 214 g/mol. The zero-order valence-electron chi connectivity index (χ0n) is 11.4. The molecule has 0 aliphatic heterocycles. The maximum Gasteiger partial charge on any atom is 0.0551 e. The summed E-state index contributed by atoms with van der Waals surface area (Å²) in [6.07, 6.45) is 6.46. The first-order chi connectivity index (χ1) is 7.55. The minimum Gasteiger partial charge on any atom is -0.197 e. The van der Waals surface area contributed by atoms with Crippen LogP contribution in [0.1, 0.15) is 69.0 Å². The van der Waals surface area contributed by atoms with Crippen LogP contribution in [0.4, 0.5) is 0 Å². The SMILES string of the molecule is CCCCC(C)(CCC)c1c(C)nsc1C. The summed E-state index contributed by atoms with van der Waals surface area (Å²) < 4.78 is 4.51. The smallest absolute Gasteiger partial charge is 0.0551 e. The summed E-state index contributed by atoms with van der Waals surface area (Å²) in [5, 5.41) is 0. The fourth-order valence-electron chi connectivity index (χ4n) is 2.84. The maximum absolute atomic E-state index is 4.51. The first-order valence-corrected chi connectivity index (χ1v) is 7.26. The quantitative estimate of drug-likeness (QED) is 0.680. The zero-order valence-corrected chi connectivity index (χ0v) is 12.2. The summed E-state index contributed by atoms with van der Waals surface area (Å²) in [4.78, 5) is 1.42. The molecule has 16 heavy (non-hydrogen) atoms. The van der Waals surface area contributed by atoms with Gasteiger partial charge >= 0.3 is 0 Å². The molecule has 0 bridgehead atoms. The Morgan fingerprint density at radius 2 is 1.81 bits per heavy atom. The van der Waals surface area contributed by atoms with E-state index in [9.17, 15) is 0 Å². The van der Waals surface area contributed by atoms with Gasteiger partial charge in [0.15, 0.2) is 0 Å². The van der Waals surface area contributed by atoms with Crippen LogP contribution < -0.4 is 0 Å². The van der Waals surface area contributed by atoms with Gasteiger partial charge in [-0.25, -0.2) is 0 Å². The van der Waals surface area contributed by atoms with Crippen molar-refractivity contribution in [3.05, 3.63) is 16.1 Å². The Hall–Kier alpha value is -0.370. The fraction of sp³-hybridized carbons (Fsp3) is 0.786. The van der Waals surface area contributed by atoms with Gasteiger partial charge in [-0.15, -0.1) is 0 Å². The van der Waals surface area contributed by atoms with Crippen LogP contribution in [-0.2, 0) is 5.41 Å². The van der Waals surface area contributed by atoms with Crippen molar-refractivity contribution >= 4 is 11.5 Å². The van der Waals surface area contributed by atoms with Crippen molar-refractivity contribution in [1.29, 1.82) is 0 Å². The van der Waals surface area contributed by atoms with Crippen molar-refractivity contribution in [2.24, 2.45) is 0 Å². The standard InChI is InChI=1S/C14H25NS/c1-6-8-10-14(5,9-7-2)13-11(3)15-16-12(13)4/h6-10H2,1-5H3. The van der Waals surface area contributed by atoms with Crippen molar-refractivity contribution in [3.8, 4) is 0 Å². The second kappa shape index (κ2) is 5.81. The van der Waals surface area contributed by atoms with Crippen LogP contribution in [0, 0.1) is 13.8 Å². The highest BCUT2D eigenvalue weighted by atomic mass is 32.1. The van der Waals surface area contributed by atoms with Crippen molar-refractivity contribution in [2.45, 2.75) is 72.1 Å². The van der Waals surface area contributed by atoms with Gasteiger partial charge in [0.05, 0.1) is 5.69 Å². The Labute approximate surface area is 104 Å². The number of hydrogen-bond acceptors (Lipinski definition) is 2. The second-order valence-corrected chi connectivity index (χ2v) is 6.09. The van der Waals surface area contributed by atoms with Crippen molar-refractivity contribution in [3.63, 3.8) is 0 Å². The Kier molecular flexibility index (Phi) is 4.97. The van der Waals surface area contributed by atoms with Gasteiger partial charge in [0.2, 0.25) is 0 Å². The van der Waals surface area contributed by atoms with Gasteiger partial charge in [0.1, 0.15) is 0 Å². The molecule has 2 heteroatoms. The third-order valence-corrected chi connectivity index (χ3v) is 4.36. The molecule has 1 atom stereocenters. The van der Waals surface area contributed by atoms with Crippen molar-refractivity contribution in [2.75, 3.05) is 0 Å². The van der Waals surface area contributed by atoms with E-state index in [0.717, 1.165) is 0 Å². The lowest BCUT2D eigenvalue weighted by Gasteiger charge is -2.30. The molecule has 0 aromatic carbocycles. The van der Waals surface area contributed by atoms with E-state index in [1.54, 1.807) is 11.5 Å². The van der Waals surface area contributed by atoms with Gasteiger partial charge in [-0.3, -0.25) is 0 Å². The van der Waals surface area contributed by atoms with Crippen LogP contribution in [0.5, 0.6) is 0 Å². The Morgan fingerprint density at radius 1 is 1.12 bits per heavy atom. The predicted molar refractivity (Wildman–Crippen MR) is 73.4 cm³/mol. The highest BCUT2D eigenvalue weighted by molar-refractivity contribution is 7.05. The van der Waals surface area contributed by atoms with Gasteiger partial charge in [0.25, 0.3) is 0 Å². The van der Waals surface area contributed by atoms with Crippen molar-refractivity contribution in [1.82, 2.24) is 4.37 Å². The first-order valence-electron chi connectivity index (χ1n) is 6.48. The van der Waals surface area contributed by atoms with E-state index in [1.807, 2.05) is 0 Å². The lowest BCUT2D eigenvalue weighted by molar-refractivity contribution is 0.380. The van der Waals surface area contributed by atoms with Crippen LogP contribution in [0.15, 0.2) is 0 Å². The monoisotopic (exact) mass is 239 g/mol. The van der Waals surface area contributed by atoms with Gasteiger partial charge in [0, 0.05) is 4.88 Å². The van der Waals surface area contributed by atoms with Crippen LogP contribution in [0.3, 0.4) is 0 Å². The number of nitrogens with zero attached hydrogens (tertiary/aromatic N) is 1. The third-order valence-electron chi connectivity index (χ3n) is 3.52. The van der Waals surface area contributed by atoms with Crippen LogP contribution in [0.2, 0.25) is 0 Å². The summed E-state index contributed by atoms with van der Waals surface area (Å²) >= 11 is 1.67. The summed E-state index contributed by atoms with van der Waals surface area (Å²) in [6.45, 7) is 11.4. The molecule has 0 spiro atoms. The molecule has 1 aromatic rings. The summed E-state index contributed by atoms with van der Waals surface area (Å²) in [5.74, 6) is 0. The van der Waals surface area contributed by atoms with E-state index in [-0.39, 0.29) is 0 Å². The molecule has 1 rings (SSSR count). The average molecular weight is 239 g/mol. The molecule has 0 N–H and O–H groups in total. The number of rotatable bonds is 6. The van der Waals surface area contributed by atoms with Crippen LogP contribution >= 0.6 is 11.5 Å². The molecular formula is C14H25NS. The minimum atomic E-state index is 0.353. The Balaban J connectivity index is 3.00. The number of aromatic nitrogens is 1. The summed E-state index contributed by atoms with van der Waals surface area (Å²) in [7, 11) is 0. The normalized spacial score (nSPS) is 15.1. The Bertz CT molecular complexity index is 310. The second-order valence-electron chi connectivity index (χ2n) is 5.11. The molecule has 0 amide bonds. The highest BCUT2D eigenvalue weighted by Crippen LogP contribution is 2.39. The number of unbranched alkanes of at least 4 members (excludes halogenated alkanes) is 1. The summed E-state index contributed by atoms with van der Waals surface area (Å²) in [5.41, 5.74) is 3.15. The molecule has 0 fully saturated rings. The molecule has 0 saturated heterocycles. The predicted octanol–water partition coefficient (Wildman–Crippen LogP) is 5.01. The summed E-state index contributed by atoms with van der Waals surface area (Å²) in [6, 6.07) is 0. The lowest BCUT2D eigenvalue weighted by atomic mass is 9.74. The van der Waals surface area contributed by atoms with Crippen LogP contribution in [-0.4, -0.2) is 4.37 Å². The lowest BCUT2D eigenvalue weighted by Crippen LogP contribution is -2.23. The van der Waals surface area contributed by atoms with E-state index in [2.05, 4.69) is 39.0 Å². The van der Waals surface area contributed by atoms with Gasteiger partial charge in [-0.1, -0.05) is 40.0 Å². The van der Waals surface area contributed by atoms with Gasteiger partial charge in [-0.05, 0) is 49.2 Å². The first kappa shape index (κ1) is 13.7. The molecule has 1 aromatic heterocycles. The van der Waals surface area contributed by atoms with E-state index >= 15 is 0 Å². The number of hydrogen-bond donors (Lipinski definition) is 0. The van der Waals surface area contributed by atoms with E-state index in [0.29, 0.717) is 5.41 Å². The molecule has 92 valence electrons. The molecule has 1 nitrogen and oxygen atoms in total. The maximum atomic E-state index is 4.51. The van der Waals surface area contributed by atoms with Gasteiger partial charge in [-0.2, -0.15) is 4.37 Å². The highest BCUT2D eigenvalue weighted by Gasteiger charge is 2.29. The fourth-order valence-corrected chi connectivity index (χ4v) is 3.69. The van der Waals surface area contributed by atoms with Gasteiger partial charge < -0.3 is 0 Å². The molecule has 0 aliphatic carbocycles. The topological polar surface area (TPSA) is 12.9 Å². The molecule has 0 saturated carbocycles. The van der Waals surface area contributed by atoms with Crippen LogP contribution in [0.25, 0.3) is 0 Å². The zero-order chi connectivity index (χ0) is 12.2.